The van der Waals surface area contributed by atoms with Gasteiger partial charge in [0.2, 0.25) is 0 Å². The molecule has 3 aromatic rings. The largest absolute Gasteiger partial charge is 0.478 e. The van der Waals surface area contributed by atoms with Crippen LogP contribution in [0.4, 0.5) is 0 Å². The van der Waals surface area contributed by atoms with Gasteiger partial charge in [-0.2, -0.15) is 0 Å². The highest BCUT2D eigenvalue weighted by atomic mass is 16.4. The second-order valence-electron chi connectivity index (χ2n) is 8.89. The first kappa shape index (κ1) is 27.0. The van der Waals surface area contributed by atoms with E-state index in [0.717, 1.165) is 52.1 Å². The van der Waals surface area contributed by atoms with Gasteiger partial charge in [-0.25, -0.2) is 9.59 Å². The molecule has 0 aliphatic heterocycles. The van der Waals surface area contributed by atoms with Crippen molar-refractivity contribution in [2.45, 2.75) is 32.6 Å². The van der Waals surface area contributed by atoms with Gasteiger partial charge >= 0.3 is 11.9 Å². The van der Waals surface area contributed by atoms with E-state index >= 15 is 0 Å². The Bertz CT molecular complexity index is 1280. The molecule has 0 heterocycles. The quantitative estimate of drug-likeness (QED) is 0.286. The van der Waals surface area contributed by atoms with E-state index in [4.69, 9.17) is 10.2 Å². The van der Waals surface area contributed by atoms with Crippen LogP contribution in [0.5, 0.6) is 0 Å². The summed E-state index contributed by atoms with van der Waals surface area (Å²) in [5.74, 6) is -2.99. The van der Waals surface area contributed by atoms with Crippen LogP contribution < -0.4 is 0 Å². The first-order valence-corrected chi connectivity index (χ1v) is 11.7. The maximum atomic E-state index is 12.0. The van der Waals surface area contributed by atoms with Crippen molar-refractivity contribution in [3.63, 3.8) is 0 Å². The average Bonchev–Trinajstić information content (AvgIpc) is 2.86. The lowest BCUT2D eigenvalue weighted by molar-refractivity contribution is -0.132. The molecule has 0 radical (unpaired) electrons. The van der Waals surface area contributed by atoms with E-state index in [1.54, 1.807) is 0 Å². The van der Waals surface area contributed by atoms with Crippen molar-refractivity contribution in [2.75, 3.05) is 0 Å². The van der Waals surface area contributed by atoms with Crippen LogP contribution in [0.2, 0.25) is 0 Å². The zero-order valence-corrected chi connectivity index (χ0v) is 20.7. The van der Waals surface area contributed by atoms with Gasteiger partial charge in [0.25, 0.3) is 0 Å². The Kier molecular flexibility index (Phi) is 9.05. The van der Waals surface area contributed by atoms with Crippen LogP contribution >= 0.6 is 0 Å². The molecule has 0 aliphatic carbocycles. The van der Waals surface area contributed by atoms with Crippen LogP contribution in [-0.2, 0) is 32.0 Å². The lowest BCUT2D eigenvalue weighted by Crippen LogP contribution is -2.06. The maximum Gasteiger partial charge on any atom is 0.328 e. The average molecular weight is 497 g/mol. The van der Waals surface area contributed by atoms with E-state index in [2.05, 4.69) is 32.0 Å². The van der Waals surface area contributed by atoms with Gasteiger partial charge in [0, 0.05) is 30.9 Å². The number of hydrogen-bond donors (Lipinski definition) is 2. The molecular formula is C31H28O6. The second kappa shape index (κ2) is 12.4. The molecule has 2 N–H and O–H groups in total. The molecule has 0 spiro atoms. The van der Waals surface area contributed by atoms with E-state index < -0.39 is 11.9 Å². The zero-order chi connectivity index (χ0) is 26.9. The summed E-state index contributed by atoms with van der Waals surface area (Å²) in [6, 6.07) is 21.7. The summed E-state index contributed by atoms with van der Waals surface area (Å²) < 4.78 is 0. The van der Waals surface area contributed by atoms with E-state index in [9.17, 15) is 19.2 Å². The minimum absolute atomic E-state index is 0.0902. The third-order valence-corrected chi connectivity index (χ3v) is 6.07. The molecule has 0 saturated heterocycles. The third kappa shape index (κ3) is 7.97. The summed E-state index contributed by atoms with van der Waals surface area (Å²) in [7, 11) is 0. The molecule has 3 aromatic carbocycles. The molecular weight excluding hydrogens is 468 g/mol. The van der Waals surface area contributed by atoms with Gasteiger partial charge < -0.3 is 10.2 Å². The molecule has 0 aromatic heterocycles. The minimum atomic E-state index is -1.16. The Morgan fingerprint density at radius 2 is 1.00 bits per heavy atom. The van der Waals surface area contributed by atoms with Gasteiger partial charge in [0.1, 0.15) is 0 Å². The number of carboxylic acid groups (broad SMARTS) is 2. The molecule has 6 nitrogen and oxygen atoms in total. The molecule has 3 rings (SSSR count). The molecule has 0 saturated carbocycles. The molecule has 37 heavy (non-hydrogen) atoms. The standard InChI is InChI=1S/C31H28O6/c1-20-3-8-26(17-21(20)2)31(24-9-4-22(5-10-24)18-27(32)13-15-29(34)35)25-11-6-23(7-12-25)19-28(33)14-16-30(36)37/h3-17,31H,18-19H2,1-2H3,(H,34,35)(H,36,37)/b15-13+,16-14+. The first-order valence-electron chi connectivity index (χ1n) is 11.7. The normalized spacial score (nSPS) is 11.3. The molecule has 0 amide bonds. The van der Waals surface area contributed by atoms with Crippen molar-refractivity contribution < 1.29 is 29.4 Å². The summed E-state index contributed by atoms with van der Waals surface area (Å²) in [6.45, 7) is 4.12. The van der Waals surface area contributed by atoms with Crippen LogP contribution in [0, 0.1) is 13.8 Å². The number of carboxylic acids is 2. The van der Waals surface area contributed by atoms with E-state index in [-0.39, 0.29) is 30.3 Å². The van der Waals surface area contributed by atoms with Gasteiger partial charge in [-0.15, -0.1) is 0 Å². The molecule has 0 aliphatic rings. The number of allylic oxidation sites excluding steroid dienone is 2. The van der Waals surface area contributed by atoms with Crippen molar-refractivity contribution in [3.8, 4) is 0 Å². The highest BCUT2D eigenvalue weighted by Crippen LogP contribution is 2.33. The third-order valence-electron chi connectivity index (χ3n) is 6.07. The number of aliphatic carboxylic acids is 2. The number of hydrogen-bond acceptors (Lipinski definition) is 4. The lowest BCUT2D eigenvalue weighted by atomic mass is 9.83. The summed E-state index contributed by atoms with van der Waals surface area (Å²) in [4.78, 5) is 45.3. The van der Waals surface area contributed by atoms with Gasteiger partial charge in [0.15, 0.2) is 11.6 Å². The smallest absolute Gasteiger partial charge is 0.328 e. The highest BCUT2D eigenvalue weighted by Gasteiger charge is 2.18. The van der Waals surface area contributed by atoms with Gasteiger partial charge in [-0.3, -0.25) is 9.59 Å². The van der Waals surface area contributed by atoms with Crippen LogP contribution in [0.15, 0.2) is 91.0 Å². The lowest BCUT2D eigenvalue weighted by Gasteiger charge is -2.21. The highest BCUT2D eigenvalue weighted by molar-refractivity contribution is 5.97. The predicted octanol–water partition coefficient (Wildman–Crippen LogP) is 4.99. The van der Waals surface area contributed by atoms with E-state index in [1.807, 2.05) is 48.5 Å². The molecule has 0 atom stereocenters. The Morgan fingerprint density at radius 3 is 1.38 bits per heavy atom. The zero-order valence-electron chi connectivity index (χ0n) is 20.7. The van der Waals surface area contributed by atoms with Gasteiger partial charge in [-0.1, -0.05) is 66.7 Å². The summed E-state index contributed by atoms with van der Waals surface area (Å²) >= 11 is 0. The topological polar surface area (TPSA) is 109 Å². The Labute approximate surface area is 215 Å². The monoisotopic (exact) mass is 496 g/mol. The number of ketones is 2. The maximum absolute atomic E-state index is 12.0. The van der Waals surface area contributed by atoms with Crippen molar-refractivity contribution in [3.05, 3.63) is 130 Å². The molecule has 0 unspecified atom stereocenters. The van der Waals surface area contributed by atoms with E-state index in [0.29, 0.717) is 0 Å². The number of carbonyl (C=O) groups is 4. The Balaban J connectivity index is 1.90. The summed E-state index contributed by atoms with van der Waals surface area (Å²) in [5, 5.41) is 17.4. The fourth-order valence-electron chi connectivity index (χ4n) is 4.03. The first-order chi connectivity index (χ1) is 17.6. The predicted molar refractivity (Wildman–Crippen MR) is 141 cm³/mol. The Hall–Kier alpha value is -4.58. The number of aryl methyl sites for hydroxylation is 2. The molecule has 0 bridgehead atoms. The van der Waals surface area contributed by atoms with Gasteiger partial charge in [-0.05, 0) is 64.9 Å². The van der Waals surface area contributed by atoms with E-state index in [1.165, 1.54) is 11.1 Å². The van der Waals surface area contributed by atoms with Gasteiger partial charge in [0.05, 0.1) is 0 Å². The second-order valence-corrected chi connectivity index (χ2v) is 8.89. The number of rotatable bonds is 11. The van der Waals surface area contributed by atoms with Crippen LogP contribution in [0.25, 0.3) is 0 Å². The van der Waals surface area contributed by atoms with Crippen molar-refractivity contribution >= 4 is 23.5 Å². The van der Waals surface area contributed by atoms with Crippen molar-refractivity contribution in [2.24, 2.45) is 0 Å². The summed E-state index contributed by atoms with van der Waals surface area (Å²) in [5.41, 5.74) is 7.07. The number of carbonyl (C=O) groups excluding carboxylic acids is 2. The fourth-order valence-corrected chi connectivity index (χ4v) is 4.03. The molecule has 188 valence electrons. The van der Waals surface area contributed by atoms with Crippen molar-refractivity contribution in [1.29, 1.82) is 0 Å². The van der Waals surface area contributed by atoms with Crippen LogP contribution in [-0.4, -0.2) is 33.7 Å². The fraction of sp³-hybridized carbons (Fsp3) is 0.161. The summed E-state index contributed by atoms with van der Waals surface area (Å²) in [6.07, 6.45) is 4.03. The number of benzene rings is 3. The Morgan fingerprint density at radius 1 is 0.595 bits per heavy atom. The minimum Gasteiger partial charge on any atom is -0.478 e. The van der Waals surface area contributed by atoms with Crippen LogP contribution in [0.1, 0.15) is 44.9 Å². The molecule has 6 heteroatoms. The van der Waals surface area contributed by atoms with Crippen LogP contribution in [0.3, 0.4) is 0 Å². The SMILES string of the molecule is Cc1ccc(C(c2ccc(CC(=O)/C=C/C(=O)O)cc2)c2ccc(CC(=O)/C=C/C(=O)O)cc2)cc1C. The van der Waals surface area contributed by atoms with Crippen molar-refractivity contribution in [1.82, 2.24) is 0 Å². The molecule has 0 fully saturated rings.